The number of nitrogens with zero attached hydrogens (tertiary/aromatic N) is 2. The van der Waals surface area contributed by atoms with Crippen LogP contribution in [0.25, 0.3) is 0 Å². The molecular formula is C30H66N4. The van der Waals surface area contributed by atoms with Crippen molar-refractivity contribution in [2.45, 2.75) is 170 Å². The van der Waals surface area contributed by atoms with Crippen LogP contribution in [0.15, 0.2) is 0 Å². The van der Waals surface area contributed by atoms with Crippen molar-refractivity contribution < 1.29 is 0 Å². The Bertz CT molecular complexity index is 380. The maximum atomic E-state index is 3.74. The molecule has 0 spiro atoms. The summed E-state index contributed by atoms with van der Waals surface area (Å²) in [7, 11) is 0. The minimum absolute atomic E-state index is 0.655. The quantitative estimate of drug-likeness (QED) is 0.152. The predicted molar refractivity (Wildman–Crippen MR) is 155 cm³/mol. The van der Waals surface area contributed by atoms with Gasteiger partial charge in [0.15, 0.2) is 0 Å². The molecule has 2 atom stereocenters. The highest BCUT2D eigenvalue weighted by atomic mass is 15.2. The molecule has 34 heavy (non-hydrogen) atoms. The second kappa shape index (κ2) is 21.0. The maximum absolute atomic E-state index is 3.74. The second-order valence-corrected chi connectivity index (χ2v) is 12.0. The molecule has 0 aliphatic carbocycles. The molecule has 0 aromatic rings. The van der Waals surface area contributed by atoms with E-state index in [1.165, 1.54) is 90.4 Å². The fourth-order valence-electron chi connectivity index (χ4n) is 5.22. The van der Waals surface area contributed by atoms with E-state index in [-0.39, 0.29) is 0 Å². The summed E-state index contributed by atoms with van der Waals surface area (Å²) in [6, 6.07) is 3.94. The van der Waals surface area contributed by atoms with Crippen molar-refractivity contribution in [3.63, 3.8) is 0 Å². The first-order valence-electron chi connectivity index (χ1n) is 15.0. The monoisotopic (exact) mass is 483 g/mol. The SMILES string of the molecule is CC(CCCCN(C(C)C)C(C)C)NCCCCCCNC(C)CCCCN(C(C)C)C(C)C. The molecular weight excluding hydrogens is 416 g/mol. The molecule has 2 unspecified atom stereocenters. The number of unbranched alkanes of at least 4 members (excludes halogenated alkanes) is 5. The molecule has 0 bridgehead atoms. The van der Waals surface area contributed by atoms with Crippen molar-refractivity contribution >= 4 is 0 Å². The minimum atomic E-state index is 0.655. The highest BCUT2D eigenvalue weighted by Crippen LogP contribution is 2.10. The zero-order chi connectivity index (χ0) is 25.9. The molecule has 0 radical (unpaired) electrons. The molecule has 206 valence electrons. The largest absolute Gasteiger partial charge is 0.314 e. The van der Waals surface area contributed by atoms with Gasteiger partial charge in [0.1, 0.15) is 0 Å². The highest BCUT2D eigenvalue weighted by Gasteiger charge is 2.13. The van der Waals surface area contributed by atoms with Crippen molar-refractivity contribution in [3.05, 3.63) is 0 Å². The van der Waals surface area contributed by atoms with Gasteiger partial charge in [-0.05, 0) is 134 Å². The van der Waals surface area contributed by atoms with Gasteiger partial charge in [-0.25, -0.2) is 0 Å². The third kappa shape index (κ3) is 18.2. The molecule has 0 saturated heterocycles. The van der Waals surface area contributed by atoms with Gasteiger partial charge in [-0.3, -0.25) is 9.80 Å². The van der Waals surface area contributed by atoms with Crippen molar-refractivity contribution in [3.8, 4) is 0 Å². The summed E-state index contributed by atoms with van der Waals surface area (Å²) in [5.74, 6) is 0. The summed E-state index contributed by atoms with van der Waals surface area (Å²) >= 11 is 0. The van der Waals surface area contributed by atoms with Crippen LogP contribution >= 0.6 is 0 Å². The van der Waals surface area contributed by atoms with Gasteiger partial charge < -0.3 is 10.6 Å². The van der Waals surface area contributed by atoms with E-state index in [4.69, 9.17) is 0 Å². The lowest BCUT2D eigenvalue weighted by Crippen LogP contribution is -2.37. The molecule has 0 heterocycles. The van der Waals surface area contributed by atoms with Crippen LogP contribution in [0, 0.1) is 0 Å². The fourth-order valence-corrected chi connectivity index (χ4v) is 5.22. The van der Waals surface area contributed by atoms with E-state index in [1.54, 1.807) is 0 Å². The lowest BCUT2D eigenvalue weighted by Gasteiger charge is -2.30. The van der Waals surface area contributed by atoms with Gasteiger partial charge in [0, 0.05) is 36.3 Å². The van der Waals surface area contributed by atoms with Crippen LogP contribution in [0.4, 0.5) is 0 Å². The van der Waals surface area contributed by atoms with Crippen molar-refractivity contribution in [2.24, 2.45) is 0 Å². The van der Waals surface area contributed by atoms with Gasteiger partial charge in [0.25, 0.3) is 0 Å². The Morgan fingerprint density at radius 2 is 0.735 bits per heavy atom. The first kappa shape index (κ1) is 33.8. The van der Waals surface area contributed by atoms with Gasteiger partial charge in [-0.1, -0.05) is 25.7 Å². The maximum Gasteiger partial charge on any atom is 0.00412 e. The average molecular weight is 483 g/mol. The first-order chi connectivity index (χ1) is 16.1. The van der Waals surface area contributed by atoms with E-state index in [2.05, 4.69) is 89.7 Å². The van der Waals surface area contributed by atoms with Crippen LogP contribution in [-0.4, -0.2) is 72.2 Å². The molecule has 0 rings (SSSR count). The second-order valence-electron chi connectivity index (χ2n) is 12.0. The standard InChI is InChI=1S/C30H66N4/c1-25(2)33(26(3)4)23-17-13-19-29(9)31-21-15-11-12-16-22-32-30(10)20-14-18-24-34(27(5)6)28(7)8/h25-32H,11-24H2,1-10H3. The van der Waals surface area contributed by atoms with Crippen molar-refractivity contribution in [2.75, 3.05) is 26.2 Å². The zero-order valence-electron chi connectivity index (χ0n) is 25.3. The smallest absolute Gasteiger partial charge is 0.00412 e. The Kier molecular flexibility index (Phi) is 20.9. The summed E-state index contributed by atoms with van der Waals surface area (Å²) in [6.45, 7) is 28.1. The first-order valence-corrected chi connectivity index (χ1v) is 15.0. The Morgan fingerprint density at radius 1 is 0.412 bits per heavy atom. The van der Waals surface area contributed by atoms with Gasteiger partial charge in [0.2, 0.25) is 0 Å². The van der Waals surface area contributed by atoms with E-state index in [9.17, 15) is 0 Å². The highest BCUT2D eigenvalue weighted by molar-refractivity contribution is 4.70. The molecule has 0 saturated carbocycles. The zero-order valence-corrected chi connectivity index (χ0v) is 25.3. The predicted octanol–water partition coefficient (Wildman–Crippen LogP) is 7.08. The van der Waals surface area contributed by atoms with Crippen molar-refractivity contribution in [1.82, 2.24) is 20.4 Å². The van der Waals surface area contributed by atoms with E-state index >= 15 is 0 Å². The van der Waals surface area contributed by atoms with Gasteiger partial charge in [-0.15, -0.1) is 0 Å². The average Bonchev–Trinajstić information content (AvgIpc) is 2.74. The molecule has 0 fully saturated rings. The molecule has 0 aromatic heterocycles. The lowest BCUT2D eigenvalue weighted by atomic mass is 10.1. The normalized spacial score (nSPS) is 14.5. The number of nitrogens with one attached hydrogen (secondary N) is 2. The van der Waals surface area contributed by atoms with Crippen molar-refractivity contribution in [1.29, 1.82) is 0 Å². The van der Waals surface area contributed by atoms with Gasteiger partial charge in [-0.2, -0.15) is 0 Å². The van der Waals surface area contributed by atoms with Crippen LogP contribution in [0.3, 0.4) is 0 Å². The van der Waals surface area contributed by atoms with Crippen LogP contribution < -0.4 is 10.6 Å². The Labute approximate surface area is 216 Å². The summed E-state index contributed by atoms with van der Waals surface area (Å²) in [5.41, 5.74) is 0. The summed E-state index contributed by atoms with van der Waals surface area (Å²) in [5, 5.41) is 7.49. The Morgan fingerprint density at radius 3 is 1.03 bits per heavy atom. The third-order valence-electron chi connectivity index (χ3n) is 7.35. The van der Waals surface area contributed by atoms with E-state index in [0.29, 0.717) is 36.3 Å². The van der Waals surface area contributed by atoms with Crippen LogP contribution in [0.1, 0.15) is 133 Å². The minimum Gasteiger partial charge on any atom is -0.314 e. The number of hydrogen-bond acceptors (Lipinski definition) is 4. The Balaban J connectivity index is 3.57. The number of hydrogen-bond donors (Lipinski definition) is 2. The summed E-state index contributed by atoms with van der Waals surface area (Å²) < 4.78 is 0. The van der Waals surface area contributed by atoms with Crippen LogP contribution in [0.5, 0.6) is 0 Å². The van der Waals surface area contributed by atoms with Gasteiger partial charge in [0.05, 0.1) is 0 Å². The van der Waals surface area contributed by atoms with Crippen LogP contribution in [0.2, 0.25) is 0 Å². The molecule has 4 nitrogen and oxygen atoms in total. The topological polar surface area (TPSA) is 30.5 Å². The molecule has 0 aliphatic rings. The van der Waals surface area contributed by atoms with E-state index in [0.717, 1.165) is 0 Å². The number of rotatable bonds is 23. The fraction of sp³-hybridized carbons (Fsp3) is 1.00. The van der Waals surface area contributed by atoms with E-state index < -0.39 is 0 Å². The third-order valence-corrected chi connectivity index (χ3v) is 7.35. The molecule has 4 heteroatoms. The Hall–Kier alpha value is -0.160. The van der Waals surface area contributed by atoms with Crippen LogP contribution in [-0.2, 0) is 0 Å². The summed E-state index contributed by atoms with van der Waals surface area (Å²) in [4.78, 5) is 5.23. The lowest BCUT2D eigenvalue weighted by molar-refractivity contribution is 0.170. The molecule has 0 aromatic carbocycles. The molecule has 2 N–H and O–H groups in total. The molecule has 0 amide bonds. The molecule has 0 aliphatic heterocycles. The summed E-state index contributed by atoms with van der Waals surface area (Å²) in [6.07, 6.45) is 13.3. The van der Waals surface area contributed by atoms with E-state index in [1.807, 2.05) is 0 Å². The van der Waals surface area contributed by atoms with Gasteiger partial charge >= 0.3 is 0 Å².